The van der Waals surface area contributed by atoms with Crippen LogP contribution in [0.25, 0.3) is 0 Å². The largest absolute Gasteiger partial charge is 1.00 e. The number of nitrogens with zero attached hydrogens (tertiary/aromatic N) is 6. The number of rotatable bonds is 2. The number of amidine groups is 2. The zero-order valence-electron chi connectivity index (χ0n) is 20.2. The van der Waals surface area contributed by atoms with E-state index in [0.717, 1.165) is 6.07 Å². The van der Waals surface area contributed by atoms with Gasteiger partial charge in [0, 0.05) is 11.4 Å². The summed E-state index contributed by atoms with van der Waals surface area (Å²) in [7, 11) is -10.7. The van der Waals surface area contributed by atoms with Gasteiger partial charge in [-0.25, -0.2) is 26.8 Å². The summed E-state index contributed by atoms with van der Waals surface area (Å²) >= 11 is 12.0. The Balaban J connectivity index is 0.00000220. The van der Waals surface area contributed by atoms with Crippen LogP contribution in [-0.4, -0.2) is 60.4 Å². The standard InChI is InChI=1S/C18H12Cl2N10O6S2.2Na/c19-13-25-15-21-7-1-2-8(4-3-7)22-16-26-14(20)28-18(30-16)24-10-5-9(23-17(27-13)29-15)11(37(31,32)33)6-12(10)38(34,35)36;;/h1-6H,(H,31,32,33)(H,34,35,36)(H2,21,23,25,27,29)(H2,22,24,26,28,30);;/q;2*+1/p-2. The van der Waals surface area contributed by atoms with Crippen molar-refractivity contribution in [1.29, 1.82) is 0 Å². The minimum Gasteiger partial charge on any atom is -0.744 e. The van der Waals surface area contributed by atoms with Crippen molar-refractivity contribution in [3.8, 4) is 0 Å². The topological polar surface area (TPSA) is 237 Å². The van der Waals surface area contributed by atoms with Gasteiger partial charge in [-0.2, -0.15) is 20.0 Å². The Bertz CT molecular complexity index is 1670. The molecule has 6 rings (SSSR count). The van der Waals surface area contributed by atoms with Crippen LogP contribution in [0.3, 0.4) is 0 Å². The summed E-state index contributed by atoms with van der Waals surface area (Å²) < 4.78 is 71.9. The van der Waals surface area contributed by atoms with E-state index in [9.17, 15) is 25.9 Å². The van der Waals surface area contributed by atoms with Gasteiger partial charge >= 0.3 is 59.1 Å². The Morgan fingerprint density at radius 3 is 1.30 bits per heavy atom. The third-order valence-corrected chi connectivity index (χ3v) is 6.78. The molecule has 40 heavy (non-hydrogen) atoms. The summed E-state index contributed by atoms with van der Waals surface area (Å²) in [5, 5.41) is 10.7. The minimum atomic E-state index is -5.37. The van der Waals surface area contributed by atoms with E-state index in [-0.39, 0.29) is 81.6 Å². The first-order valence-electron chi connectivity index (χ1n) is 9.95. The third-order valence-electron chi connectivity index (χ3n) is 4.69. The first-order chi connectivity index (χ1) is 17.8. The first-order valence-corrected chi connectivity index (χ1v) is 13.5. The number of anilines is 2. The van der Waals surface area contributed by atoms with Crippen LogP contribution in [0.15, 0.2) is 76.1 Å². The van der Waals surface area contributed by atoms with Crippen molar-refractivity contribution in [3.63, 3.8) is 0 Å². The fraction of sp³-hybridized carbons (Fsp3) is 0. The van der Waals surface area contributed by atoms with E-state index in [4.69, 9.17) is 23.2 Å². The Morgan fingerprint density at radius 2 is 0.950 bits per heavy atom. The van der Waals surface area contributed by atoms with Gasteiger partial charge in [0.25, 0.3) is 11.9 Å². The summed E-state index contributed by atoms with van der Waals surface area (Å²) in [5.41, 5.74) is -0.209. The second-order valence-corrected chi connectivity index (χ2v) is 10.7. The van der Waals surface area contributed by atoms with E-state index in [1.807, 2.05) is 0 Å². The van der Waals surface area contributed by atoms with Gasteiger partial charge in [0.05, 0.1) is 21.2 Å². The maximum atomic E-state index is 12.0. The smallest absolute Gasteiger partial charge is 0.744 e. The van der Waals surface area contributed by atoms with Crippen LogP contribution in [0.1, 0.15) is 0 Å². The van der Waals surface area contributed by atoms with Crippen LogP contribution >= 0.6 is 23.2 Å². The van der Waals surface area contributed by atoms with Gasteiger partial charge in [0.15, 0.2) is 0 Å². The van der Waals surface area contributed by atoms with Crippen LogP contribution in [-0.2, 0) is 20.2 Å². The van der Waals surface area contributed by atoms with Crippen LogP contribution in [0, 0.1) is 0 Å². The van der Waals surface area contributed by atoms with Crippen LogP contribution < -0.4 is 80.4 Å². The second kappa shape index (κ2) is 12.5. The number of nitrogens with one attached hydrogen (secondary N) is 4. The normalized spacial score (nSPS) is 16.2. The van der Waals surface area contributed by atoms with Gasteiger partial charge in [-0.15, -0.1) is 0 Å². The predicted octanol–water partition coefficient (Wildman–Crippen LogP) is -4.88. The number of halogens is 2. The molecular weight excluding hydrogens is 633 g/mol. The molecule has 0 radical (unpaired) electrons. The van der Waals surface area contributed by atoms with Gasteiger partial charge in [-0.3, -0.25) is 0 Å². The Morgan fingerprint density at radius 1 is 0.575 bits per heavy atom. The molecule has 196 valence electrons. The number of hydrogen-bond donors (Lipinski definition) is 4. The SMILES string of the molecule is O=S(=O)([O-])c1cc(S(=O)(=O)[O-])c2cc1N=C1N=C(Cl)NC(=N1)Nc1ccc(cc1)NC1=NC(=N2)N=C(Cl)N1.[Na+].[Na+]. The molecule has 0 atom stereocenters. The molecule has 22 heteroatoms. The molecule has 0 spiro atoms. The maximum Gasteiger partial charge on any atom is 1.00 e. The number of guanidine groups is 4. The molecular formula is C18H10Cl2N10Na2O6S2. The van der Waals surface area contributed by atoms with Gasteiger partial charge in [0.1, 0.15) is 20.2 Å². The zero-order valence-corrected chi connectivity index (χ0v) is 27.3. The Hall–Kier alpha value is -1.94. The quantitative estimate of drug-likeness (QED) is 0.138. The summed E-state index contributed by atoms with van der Waals surface area (Å²) in [6.45, 7) is 0. The van der Waals surface area contributed by atoms with Crippen molar-refractivity contribution >= 4 is 101 Å². The average Bonchev–Trinajstić information content (AvgIpc) is 2.78. The molecule has 0 saturated heterocycles. The number of benzene rings is 2. The fourth-order valence-electron chi connectivity index (χ4n) is 3.19. The molecule has 4 heterocycles. The van der Waals surface area contributed by atoms with Crippen molar-refractivity contribution in [2.45, 2.75) is 9.79 Å². The molecule has 0 fully saturated rings. The zero-order chi connectivity index (χ0) is 27.2. The number of fused-ring (bicyclic) bond motifs is 2. The van der Waals surface area contributed by atoms with Gasteiger partial charge < -0.3 is 30.4 Å². The van der Waals surface area contributed by atoms with Crippen molar-refractivity contribution < 1.29 is 85.1 Å². The fourth-order valence-corrected chi connectivity index (χ4v) is 4.84. The third kappa shape index (κ3) is 7.66. The number of aliphatic imine (C=N–C) groups is 6. The summed E-state index contributed by atoms with van der Waals surface area (Å²) in [6, 6.07) is 7.73. The predicted molar refractivity (Wildman–Crippen MR) is 138 cm³/mol. The Kier molecular flexibility index (Phi) is 10.2. The monoisotopic (exact) mass is 642 g/mol. The van der Waals surface area contributed by atoms with Crippen molar-refractivity contribution in [2.24, 2.45) is 30.0 Å². The maximum absolute atomic E-state index is 12.0. The van der Waals surface area contributed by atoms with E-state index in [0.29, 0.717) is 17.4 Å². The second-order valence-electron chi connectivity index (χ2n) is 7.32. The van der Waals surface area contributed by atoms with Crippen LogP contribution in [0.5, 0.6) is 0 Å². The summed E-state index contributed by atoms with van der Waals surface area (Å²) in [5.74, 6) is -0.796. The van der Waals surface area contributed by atoms with E-state index in [1.54, 1.807) is 24.3 Å². The molecule has 2 aromatic carbocycles. The van der Waals surface area contributed by atoms with Crippen LogP contribution in [0.4, 0.5) is 22.7 Å². The summed E-state index contributed by atoms with van der Waals surface area (Å²) in [4.78, 5) is 21.5. The molecule has 8 bridgehead atoms. The Labute approximate surface area is 280 Å². The van der Waals surface area contributed by atoms with E-state index < -0.39 is 53.3 Å². The van der Waals surface area contributed by atoms with E-state index in [1.165, 1.54) is 0 Å². The molecule has 4 aliphatic rings. The molecule has 0 unspecified atom stereocenters. The van der Waals surface area contributed by atoms with Crippen molar-refractivity contribution in [2.75, 3.05) is 10.6 Å². The molecule has 0 aliphatic carbocycles. The summed E-state index contributed by atoms with van der Waals surface area (Å²) in [6.07, 6.45) is 0. The van der Waals surface area contributed by atoms with Crippen molar-refractivity contribution in [1.82, 2.24) is 10.6 Å². The van der Waals surface area contributed by atoms with Gasteiger partial charge in [-0.1, -0.05) is 0 Å². The average molecular weight is 643 g/mol. The van der Waals surface area contributed by atoms with Crippen LogP contribution in [0.2, 0.25) is 0 Å². The van der Waals surface area contributed by atoms with E-state index in [2.05, 4.69) is 51.2 Å². The molecule has 0 amide bonds. The van der Waals surface area contributed by atoms with Gasteiger partial charge in [0.2, 0.25) is 22.5 Å². The molecule has 4 N–H and O–H groups in total. The number of hydrogen-bond acceptors (Lipinski definition) is 16. The first kappa shape index (κ1) is 32.6. The van der Waals surface area contributed by atoms with Gasteiger partial charge in [-0.05, 0) is 59.6 Å². The molecule has 0 saturated carbocycles. The van der Waals surface area contributed by atoms with Crippen molar-refractivity contribution in [3.05, 3.63) is 36.4 Å². The molecule has 4 aliphatic heterocycles. The molecule has 16 nitrogen and oxygen atoms in total. The molecule has 0 aromatic heterocycles. The molecule has 2 aromatic rings. The van der Waals surface area contributed by atoms with E-state index >= 15 is 0 Å². The minimum absolute atomic E-state index is 0.